The van der Waals surface area contributed by atoms with Crippen molar-refractivity contribution in [3.8, 4) is 0 Å². The molecule has 1 heterocycles. The van der Waals surface area contributed by atoms with Crippen molar-refractivity contribution in [2.24, 2.45) is 0 Å². The number of quaternary nitrogens is 1. The summed E-state index contributed by atoms with van der Waals surface area (Å²) in [6.45, 7) is 5.46. The number of likely N-dealkylation sites (tertiary alicyclic amines) is 1. The topological polar surface area (TPSA) is 38.6 Å². The molecule has 1 aliphatic heterocycles. The third kappa shape index (κ3) is 2.44. The normalized spacial score (nSPS) is 30.8. The summed E-state index contributed by atoms with van der Waals surface area (Å²) >= 11 is 0. The zero-order valence-corrected chi connectivity index (χ0v) is 9.52. The largest absolute Gasteiger partial charge is 0.336 e. The average Bonchev–Trinajstić information content (AvgIpc) is 2.04. The number of rotatable bonds is 2. The summed E-state index contributed by atoms with van der Waals surface area (Å²) in [7, 11) is -0.782. The SMILES string of the molecule is CC(C)S(=O)(=O)C1CCC[NH+](C)C1. The minimum Gasteiger partial charge on any atom is -0.336 e. The monoisotopic (exact) mass is 206 g/mol. The number of piperidine rings is 1. The fraction of sp³-hybridized carbons (Fsp3) is 1.00. The van der Waals surface area contributed by atoms with Crippen LogP contribution >= 0.6 is 0 Å². The lowest BCUT2D eigenvalue weighted by atomic mass is 10.1. The van der Waals surface area contributed by atoms with E-state index in [1.165, 1.54) is 4.90 Å². The molecule has 1 rings (SSSR count). The second-order valence-corrected chi connectivity index (χ2v) is 7.10. The van der Waals surface area contributed by atoms with Crippen LogP contribution in [0.5, 0.6) is 0 Å². The Balaban J connectivity index is 2.71. The number of nitrogens with one attached hydrogen (secondary N) is 1. The highest BCUT2D eigenvalue weighted by atomic mass is 32.2. The predicted octanol–water partition coefficient (Wildman–Crippen LogP) is -0.513. The Morgan fingerprint density at radius 2 is 2.00 bits per heavy atom. The molecule has 1 N–H and O–H groups in total. The highest BCUT2D eigenvalue weighted by Gasteiger charge is 2.33. The van der Waals surface area contributed by atoms with Gasteiger partial charge in [0.05, 0.1) is 25.4 Å². The van der Waals surface area contributed by atoms with Crippen molar-refractivity contribution >= 4 is 9.84 Å². The molecule has 3 nitrogen and oxygen atoms in total. The summed E-state index contributed by atoms with van der Waals surface area (Å²) in [5.41, 5.74) is 0. The lowest BCUT2D eigenvalue weighted by molar-refractivity contribution is -0.883. The van der Waals surface area contributed by atoms with Gasteiger partial charge in [-0.1, -0.05) is 0 Å². The first-order chi connectivity index (χ1) is 5.94. The van der Waals surface area contributed by atoms with E-state index in [1.54, 1.807) is 13.8 Å². The summed E-state index contributed by atoms with van der Waals surface area (Å²) in [5.74, 6) is 0. The van der Waals surface area contributed by atoms with E-state index in [0.29, 0.717) is 0 Å². The molecule has 0 saturated carbocycles. The van der Waals surface area contributed by atoms with E-state index in [0.717, 1.165) is 25.9 Å². The number of hydrogen-bond acceptors (Lipinski definition) is 2. The highest BCUT2D eigenvalue weighted by Crippen LogP contribution is 2.14. The van der Waals surface area contributed by atoms with Gasteiger partial charge >= 0.3 is 0 Å². The molecule has 0 amide bonds. The molecule has 2 atom stereocenters. The molecule has 0 aromatic carbocycles. The molecule has 4 heteroatoms. The van der Waals surface area contributed by atoms with Gasteiger partial charge in [-0.05, 0) is 26.7 Å². The third-order valence-electron chi connectivity index (χ3n) is 2.83. The minimum atomic E-state index is -2.85. The average molecular weight is 206 g/mol. The molecule has 0 aliphatic carbocycles. The van der Waals surface area contributed by atoms with Crippen molar-refractivity contribution in [1.82, 2.24) is 0 Å². The van der Waals surface area contributed by atoms with E-state index in [4.69, 9.17) is 0 Å². The van der Waals surface area contributed by atoms with Crippen LogP contribution in [0.2, 0.25) is 0 Å². The van der Waals surface area contributed by atoms with Crippen molar-refractivity contribution in [3.63, 3.8) is 0 Å². The van der Waals surface area contributed by atoms with E-state index in [-0.39, 0.29) is 10.5 Å². The molecular weight excluding hydrogens is 186 g/mol. The first-order valence-corrected chi connectivity index (χ1v) is 6.59. The Morgan fingerprint density at radius 3 is 2.46 bits per heavy atom. The van der Waals surface area contributed by atoms with Crippen LogP contribution in [0.15, 0.2) is 0 Å². The van der Waals surface area contributed by atoms with Gasteiger partial charge in [0.25, 0.3) is 0 Å². The van der Waals surface area contributed by atoms with Crippen molar-refractivity contribution in [2.45, 2.75) is 37.2 Å². The summed E-state index contributed by atoms with van der Waals surface area (Å²) in [6.07, 6.45) is 1.90. The lowest BCUT2D eigenvalue weighted by Gasteiger charge is -2.27. The van der Waals surface area contributed by atoms with E-state index in [9.17, 15) is 8.42 Å². The maximum Gasteiger partial charge on any atom is 0.160 e. The van der Waals surface area contributed by atoms with Gasteiger partial charge in [-0.25, -0.2) is 8.42 Å². The van der Waals surface area contributed by atoms with Gasteiger partial charge in [-0.3, -0.25) is 0 Å². The van der Waals surface area contributed by atoms with Gasteiger partial charge in [0.2, 0.25) is 0 Å². The standard InChI is InChI=1S/C9H19NO2S/c1-8(2)13(11,12)9-5-4-6-10(3)7-9/h8-9H,4-7H2,1-3H3/p+1. The van der Waals surface area contributed by atoms with Crippen LogP contribution in [0.1, 0.15) is 26.7 Å². The Morgan fingerprint density at radius 1 is 1.38 bits per heavy atom. The molecule has 0 aromatic rings. The number of hydrogen-bond donors (Lipinski definition) is 1. The lowest BCUT2D eigenvalue weighted by Crippen LogP contribution is -3.11. The van der Waals surface area contributed by atoms with E-state index >= 15 is 0 Å². The Kier molecular flexibility index (Phi) is 3.35. The van der Waals surface area contributed by atoms with Crippen molar-refractivity contribution < 1.29 is 13.3 Å². The third-order valence-corrected chi connectivity index (χ3v) is 5.47. The Hall–Kier alpha value is -0.0900. The summed E-state index contributed by atoms with van der Waals surface area (Å²) in [4.78, 5) is 1.35. The van der Waals surface area contributed by atoms with Crippen LogP contribution in [0.25, 0.3) is 0 Å². The van der Waals surface area contributed by atoms with Gasteiger partial charge in [0.15, 0.2) is 9.84 Å². The van der Waals surface area contributed by atoms with Crippen LogP contribution < -0.4 is 4.90 Å². The van der Waals surface area contributed by atoms with Crippen LogP contribution in [-0.2, 0) is 9.84 Å². The zero-order valence-electron chi connectivity index (χ0n) is 8.71. The predicted molar refractivity (Wildman–Crippen MR) is 53.7 cm³/mol. The molecule has 0 bridgehead atoms. The van der Waals surface area contributed by atoms with E-state index in [2.05, 4.69) is 7.05 Å². The highest BCUT2D eigenvalue weighted by molar-refractivity contribution is 7.92. The first kappa shape index (κ1) is 11.0. The van der Waals surface area contributed by atoms with Gasteiger partial charge < -0.3 is 4.90 Å². The van der Waals surface area contributed by atoms with Gasteiger partial charge in [-0.2, -0.15) is 0 Å². The van der Waals surface area contributed by atoms with Crippen LogP contribution in [0.4, 0.5) is 0 Å². The summed E-state index contributed by atoms with van der Waals surface area (Å²) < 4.78 is 23.6. The van der Waals surface area contributed by atoms with Crippen molar-refractivity contribution in [1.29, 1.82) is 0 Å². The first-order valence-electron chi connectivity index (χ1n) is 4.98. The molecule has 13 heavy (non-hydrogen) atoms. The van der Waals surface area contributed by atoms with Crippen molar-refractivity contribution in [2.75, 3.05) is 20.1 Å². The molecule has 2 unspecified atom stereocenters. The quantitative estimate of drug-likeness (QED) is 0.661. The van der Waals surface area contributed by atoms with Gasteiger partial charge in [-0.15, -0.1) is 0 Å². The fourth-order valence-electron chi connectivity index (χ4n) is 1.89. The van der Waals surface area contributed by atoms with Crippen LogP contribution in [0, 0.1) is 0 Å². The minimum absolute atomic E-state index is 0.0961. The second kappa shape index (κ2) is 3.96. The van der Waals surface area contributed by atoms with Gasteiger partial charge in [0.1, 0.15) is 5.25 Å². The molecule has 1 aliphatic rings. The summed E-state index contributed by atoms with van der Waals surface area (Å²) in [6, 6.07) is 0. The van der Waals surface area contributed by atoms with Crippen LogP contribution in [-0.4, -0.2) is 39.1 Å². The Labute approximate surface area is 81.0 Å². The zero-order chi connectivity index (χ0) is 10.1. The Bertz CT molecular complexity index is 259. The van der Waals surface area contributed by atoms with Crippen molar-refractivity contribution in [3.05, 3.63) is 0 Å². The molecule has 1 fully saturated rings. The second-order valence-electron chi connectivity index (χ2n) is 4.31. The van der Waals surface area contributed by atoms with E-state index < -0.39 is 9.84 Å². The number of sulfone groups is 1. The molecule has 1 saturated heterocycles. The van der Waals surface area contributed by atoms with Crippen LogP contribution in [0.3, 0.4) is 0 Å². The van der Waals surface area contributed by atoms with E-state index in [1.807, 2.05) is 0 Å². The fourth-order valence-corrected chi connectivity index (χ4v) is 3.67. The molecular formula is C9H20NO2S+. The molecule has 0 radical (unpaired) electrons. The maximum atomic E-state index is 11.8. The smallest absolute Gasteiger partial charge is 0.160 e. The van der Waals surface area contributed by atoms with Gasteiger partial charge in [0, 0.05) is 0 Å². The molecule has 0 spiro atoms. The molecule has 78 valence electrons. The summed E-state index contributed by atoms with van der Waals surface area (Å²) in [5, 5.41) is -0.315. The maximum absolute atomic E-state index is 11.8. The molecule has 0 aromatic heterocycles.